The fourth-order valence-electron chi connectivity index (χ4n) is 1.62. The van der Waals surface area contributed by atoms with Crippen LogP contribution in [-0.2, 0) is 16.6 Å². The molecule has 1 heterocycles. The van der Waals surface area contributed by atoms with Crippen molar-refractivity contribution in [2.45, 2.75) is 11.4 Å². The Morgan fingerprint density at radius 1 is 1.24 bits per heavy atom. The Morgan fingerprint density at radius 3 is 2.48 bits per heavy atom. The minimum atomic E-state index is -3.71. The van der Waals surface area contributed by atoms with Gasteiger partial charge in [0, 0.05) is 18.9 Å². The van der Waals surface area contributed by atoms with Gasteiger partial charge in [0.05, 0.1) is 15.5 Å². The average Bonchev–Trinajstić information content (AvgIpc) is 2.45. The van der Waals surface area contributed by atoms with Crippen LogP contribution in [0.15, 0.2) is 47.6 Å². The number of carbonyl (C=O) groups excluding carboxylic acids is 1. The van der Waals surface area contributed by atoms with Gasteiger partial charge in [-0.25, -0.2) is 13.6 Å². The maximum atomic E-state index is 11.9. The molecule has 0 aliphatic carbocycles. The van der Waals surface area contributed by atoms with Crippen LogP contribution in [0.1, 0.15) is 15.9 Å². The summed E-state index contributed by atoms with van der Waals surface area (Å²) in [5.74, 6) is -0.358. The molecule has 0 unspecified atom stereocenters. The largest absolute Gasteiger partial charge is 0.348 e. The molecule has 0 bridgehead atoms. The highest BCUT2D eigenvalue weighted by atomic mass is 35.5. The van der Waals surface area contributed by atoms with Crippen molar-refractivity contribution in [3.63, 3.8) is 0 Å². The lowest BCUT2D eigenvalue weighted by Gasteiger charge is -2.07. The Morgan fingerprint density at radius 2 is 1.90 bits per heavy atom. The van der Waals surface area contributed by atoms with Gasteiger partial charge in [-0.2, -0.15) is 0 Å². The van der Waals surface area contributed by atoms with E-state index in [1.54, 1.807) is 12.1 Å². The first-order valence-electron chi connectivity index (χ1n) is 5.87. The van der Waals surface area contributed by atoms with Crippen LogP contribution in [0, 0.1) is 0 Å². The van der Waals surface area contributed by atoms with Crippen molar-refractivity contribution in [1.82, 2.24) is 10.3 Å². The second-order valence-corrected chi connectivity index (χ2v) is 6.20. The summed E-state index contributed by atoms with van der Waals surface area (Å²) in [4.78, 5) is 15.8. The fraction of sp³-hybridized carbons (Fsp3) is 0.0769. The summed E-state index contributed by atoms with van der Waals surface area (Å²) in [7, 11) is -3.71. The number of pyridine rings is 1. The molecule has 6 nitrogen and oxygen atoms in total. The monoisotopic (exact) mass is 325 g/mol. The zero-order chi connectivity index (χ0) is 15.5. The van der Waals surface area contributed by atoms with Gasteiger partial charge in [0.25, 0.3) is 5.91 Å². The number of carbonyl (C=O) groups is 1. The number of hydrogen-bond acceptors (Lipinski definition) is 4. The molecule has 2 aromatic rings. The highest BCUT2D eigenvalue weighted by molar-refractivity contribution is 7.89. The Hall–Kier alpha value is -1.96. The van der Waals surface area contributed by atoms with Gasteiger partial charge in [-0.1, -0.05) is 23.7 Å². The van der Waals surface area contributed by atoms with E-state index in [0.717, 1.165) is 5.56 Å². The van der Waals surface area contributed by atoms with Gasteiger partial charge < -0.3 is 5.32 Å². The number of primary sulfonamides is 1. The van der Waals surface area contributed by atoms with Crippen molar-refractivity contribution < 1.29 is 13.2 Å². The van der Waals surface area contributed by atoms with Crippen LogP contribution in [-0.4, -0.2) is 19.3 Å². The van der Waals surface area contributed by atoms with E-state index in [4.69, 9.17) is 16.7 Å². The molecule has 1 amide bonds. The summed E-state index contributed by atoms with van der Waals surface area (Å²) in [6, 6.07) is 7.44. The normalized spacial score (nSPS) is 11.1. The van der Waals surface area contributed by atoms with Gasteiger partial charge in [-0.15, -0.1) is 0 Å². The Labute approximate surface area is 127 Å². The summed E-state index contributed by atoms with van der Waals surface area (Å²) < 4.78 is 22.2. The number of nitrogens with two attached hydrogens (primary N) is 1. The molecule has 1 aromatic heterocycles. The van der Waals surface area contributed by atoms with E-state index in [1.807, 2.05) is 0 Å². The second kappa shape index (κ2) is 6.21. The number of nitrogens with zero attached hydrogens (tertiary/aromatic N) is 1. The minimum Gasteiger partial charge on any atom is -0.348 e. The van der Waals surface area contributed by atoms with E-state index < -0.39 is 10.0 Å². The van der Waals surface area contributed by atoms with Crippen molar-refractivity contribution >= 4 is 27.5 Å². The standard InChI is InChI=1S/C13H12ClN3O3S/c14-12-5-6-16-8-11(12)13(18)17-7-9-1-3-10(4-2-9)21(15,19)20/h1-6,8H,7H2,(H,17,18)(H2,15,19,20). The quantitative estimate of drug-likeness (QED) is 0.884. The van der Waals surface area contributed by atoms with Crippen molar-refractivity contribution in [2.24, 2.45) is 5.14 Å². The third-order valence-corrected chi connectivity index (χ3v) is 3.98. The van der Waals surface area contributed by atoms with Gasteiger partial charge in [0.1, 0.15) is 0 Å². The lowest BCUT2D eigenvalue weighted by Crippen LogP contribution is -2.23. The van der Waals surface area contributed by atoms with Crippen LogP contribution < -0.4 is 10.5 Å². The molecule has 0 saturated heterocycles. The molecule has 21 heavy (non-hydrogen) atoms. The van der Waals surface area contributed by atoms with Crippen LogP contribution in [0.3, 0.4) is 0 Å². The molecule has 0 aliphatic heterocycles. The van der Waals surface area contributed by atoms with Crippen LogP contribution >= 0.6 is 11.6 Å². The van der Waals surface area contributed by atoms with Gasteiger partial charge in [0.2, 0.25) is 10.0 Å². The topological polar surface area (TPSA) is 102 Å². The second-order valence-electron chi connectivity index (χ2n) is 4.23. The Balaban J connectivity index is 2.04. The number of benzene rings is 1. The van der Waals surface area contributed by atoms with Crippen LogP contribution in [0.5, 0.6) is 0 Å². The summed E-state index contributed by atoms with van der Waals surface area (Å²) in [6.45, 7) is 0.231. The number of aromatic nitrogens is 1. The average molecular weight is 326 g/mol. The maximum absolute atomic E-state index is 11.9. The molecule has 0 atom stereocenters. The maximum Gasteiger partial charge on any atom is 0.254 e. The van der Waals surface area contributed by atoms with E-state index in [9.17, 15) is 13.2 Å². The first-order valence-corrected chi connectivity index (χ1v) is 7.80. The van der Waals surface area contributed by atoms with E-state index in [0.29, 0.717) is 5.02 Å². The summed E-state index contributed by atoms with van der Waals surface area (Å²) in [5, 5.41) is 7.98. The van der Waals surface area contributed by atoms with Gasteiger partial charge >= 0.3 is 0 Å². The predicted molar refractivity (Wildman–Crippen MR) is 78.2 cm³/mol. The zero-order valence-electron chi connectivity index (χ0n) is 10.8. The molecule has 3 N–H and O–H groups in total. The van der Waals surface area contributed by atoms with E-state index >= 15 is 0 Å². The van der Waals surface area contributed by atoms with Crippen LogP contribution in [0.4, 0.5) is 0 Å². The molecule has 8 heteroatoms. The number of hydrogen-bond donors (Lipinski definition) is 2. The minimum absolute atomic E-state index is 0.0212. The Kier molecular flexibility index (Phi) is 4.56. The first kappa shape index (κ1) is 15.4. The third kappa shape index (κ3) is 4.01. The molecule has 0 spiro atoms. The van der Waals surface area contributed by atoms with Crippen LogP contribution in [0.25, 0.3) is 0 Å². The van der Waals surface area contributed by atoms with Gasteiger partial charge in [-0.05, 0) is 23.8 Å². The molecule has 2 rings (SSSR count). The SMILES string of the molecule is NS(=O)(=O)c1ccc(CNC(=O)c2cnccc2Cl)cc1. The fourth-order valence-corrected chi connectivity index (χ4v) is 2.33. The third-order valence-electron chi connectivity index (χ3n) is 2.72. The molecule has 110 valence electrons. The smallest absolute Gasteiger partial charge is 0.254 e. The number of sulfonamides is 1. The summed E-state index contributed by atoms with van der Waals surface area (Å²) in [6.07, 6.45) is 2.87. The van der Waals surface area contributed by atoms with E-state index in [1.165, 1.54) is 30.6 Å². The molecular weight excluding hydrogens is 314 g/mol. The van der Waals surface area contributed by atoms with Crippen molar-refractivity contribution in [3.05, 3.63) is 58.9 Å². The molecule has 0 saturated carbocycles. The van der Waals surface area contributed by atoms with E-state index in [2.05, 4.69) is 10.3 Å². The molecule has 0 radical (unpaired) electrons. The number of amides is 1. The van der Waals surface area contributed by atoms with Crippen molar-refractivity contribution in [2.75, 3.05) is 0 Å². The van der Waals surface area contributed by atoms with Crippen molar-refractivity contribution in [3.8, 4) is 0 Å². The highest BCUT2D eigenvalue weighted by Crippen LogP contribution is 2.13. The number of nitrogens with one attached hydrogen (secondary N) is 1. The lowest BCUT2D eigenvalue weighted by molar-refractivity contribution is 0.0950. The highest BCUT2D eigenvalue weighted by Gasteiger charge is 2.10. The summed E-state index contributed by atoms with van der Waals surface area (Å²) >= 11 is 5.89. The van der Waals surface area contributed by atoms with Gasteiger partial charge in [0.15, 0.2) is 0 Å². The van der Waals surface area contributed by atoms with Gasteiger partial charge in [-0.3, -0.25) is 9.78 Å². The molecule has 0 aliphatic rings. The first-order chi connectivity index (χ1) is 9.88. The van der Waals surface area contributed by atoms with Crippen LogP contribution in [0.2, 0.25) is 5.02 Å². The molecule has 0 fully saturated rings. The Bertz CT molecular complexity index is 760. The predicted octanol–water partition coefficient (Wildman–Crippen LogP) is 1.31. The molecule has 1 aromatic carbocycles. The van der Waals surface area contributed by atoms with E-state index in [-0.39, 0.29) is 22.9 Å². The molecular formula is C13H12ClN3O3S. The lowest BCUT2D eigenvalue weighted by atomic mass is 10.2. The number of rotatable bonds is 4. The zero-order valence-corrected chi connectivity index (χ0v) is 12.4. The summed E-state index contributed by atoms with van der Waals surface area (Å²) in [5.41, 5.74) is 1.01. The number of halogens is 1. The van der Waals surface area contributed by atoms with Crippen molar-refractivity contribution in [1.29, 1.82) is 0 Å².